The standard InChI is InChI=1S/C23H19ClF3N5O2/c24-22-30-29-19-9-11-21(31-32(19)22)34-18-12-15(23(25,26)27)7-8-17(18)14-6-10-20(28-13-14)33-16-4-2-1-3-5-16/h6-13,16H,1-5H2. The highest BCUT2D eigenvalue weighted by Gasteiger charge is 2.31. The fourth-order valence-corrected chi connectivity index (χ4v) is 4.06. The Labute approximate surface area is 197 Å². The Morgan fingerprint density at radius 2 is 1.74 bits per heavy atom. The van der Waals surface area contributed by atoms with Crippen LogP contribution in [0.5, 0.6) is 17.5 Å². The highest BCUT2D eigenvalue weighted by Crippen LogP contribution is 2.39. The molecule has 1 aliphatic rings. The molecule has 0 unspecified atom stereocenters. The zero-order valence-electron chi connectivity index (χ0n) is 17.8. The van der Waals surface area contributed by atoms with E-state index < -0.39 is 11.7 Å². The predicted octanol–water partition coefficient (Wildman–Crippen LogP) is 6.36. The predicted molar refractivity (Wildman–Crippen MR) is 118 cm³/mol. The number of hydrogen-bond donors (Lipinski definition) is 0. The maximum absolute atomic E-state index is 13.4. The molecule has 3 aromatic heterocycles. The number of benzene rings is 1. The summed E-state index contributed by atoms with van der Waals surface area (Å²) in [6.45, 7) is 0. The Balaban J connectivity index is 1.46. The van der Waals surface area contributed by atoms with Gasteiger partial charge in [0.25, 0.3) is 0 Å². The Kier molecular flexibility index (Phi) is 5.99. The van der Waals surface area contributed by atoms with Crippen LogP contribution in [0.2, 0.25) is 5.28 Å². The lowest BCUT2D eigenvalue weighted by Gasteiger charge is -2.22. The molecule has 4 aromatic rings. The summed E-state index contributed by atoms with van der Waals surface area (Å²) in [7, 11) is 0. The monoisotopic (exact) mass is 489 g/mol. The molecule has 1 aromatic carbocycles. The molecule has 1 saturated carbocycles. The number of ether oxygens (including phenoxy) is 2. The number of fused-ring (bicyclic) bond motifs is 1. The van der Waals surface area contributed by atoms with Crippen LogP contribution in [0.4, 0.5) is 13.2 Å². The third kappa shape index (κ3) is 4.77. The second kappa shape index (κ2) is 9.09. The molecule has 1 aliphatic carbocycles. The van der Waals surface area contributed by atoms with Crippen LogP contribution in [0.15, 0.2) is 48.7 Å². The number of nitrogens with zero attached hydrogens (tertiary/aromatic N) is 5. The van der Waals surface area contributed by atoms with Gasteiger partial charge in [-0.1, -0.05) is 6.42 Å². The third-order valence-electron chi connectivity index (χ3n) is 5.61. The lowest BCUT2D eigenvalue weighted by atomic mass is 9.98. The molecule has 0 radical (unpaired) electrons. The van der Waals surface area contributed by atoms with E-state index in [0.29, 0.717) is 22.7 Å². The molecule has 0 spiro atoms. The van der Waals surface area contributed by atoms with Crippen LogP contribution in [-0.4, -0.2) is 30.9 Å². The summed E-state index contributed by atoms with van der Waals surface area (Å²) >= 11 is 5.95. The van der Waals surface area contributed by atoms with E-state index in [9.17, 15) is 13.2 Å². The lowest BCUT2D eigenvalue weighted by Crippen LogP contribution is -2.20. The molecule has 1 fully saturated rings. The van der Waals surface area contributed by atoms with Crippen LogP contribution in [-0.2, 0) is 6.18 Å². The first-order chi connectivity index (χ1) is 16.4. The molecule has 11 heteroatoms. The molecule has 0 atom stereocenters. The molecule has 0 N–H and O–H groups in total. The maximum Gasteiger partial charge on any atom is 0.416 e. The Morgan fingerprint density at radius 3 is 2.47 bits per heavy atom. The quantitative estimate of drug-likeness (QED) is 0.324. The fraction of sp³-hybridized carbons (Fsp3) is 0.304. The second-order valence-corrected chi connectivity index (χ2v) is 8.32. The smallest absolute Gasteiger partial charge is 0.416 e. The van der Waals surface area contributed by atoms with Crippen molar-refractivity contribution in [3.8, 4) is 28.6 Å². The minimum absolute atomic E-state index is 0.00229. The van der Waals surface area contributed by atoms with Gasteiger partial charge < -0.3 is 9.47 Å². The van der Waals surface area contributed by atoms with Crippen molar-refractivity contribution in [2.45, 2.75) is 44.4 Å². The summed E-state index contributed by atoms with van der Waals surface area (Å²) in [6, 6.07) is 9.77. The number of hydrogen-bond acceptors (Lipinski definition) is 6. The SMILES string of the molecule is FC(F)(F)c1ccc(-c2ccc(OC3CCCCC3)nc2)c(Oc2ccc3nnc(Cl)n3n2)c1. The average molecular weight is 490 g/mol. The number of aromatic nitrogens is 5. The van der Waals surface area contributed by atoms with Gasteiger partial charge in [0.2, 0.25) is 17.0 Å². The van der Waals surface area contributed by atoms with Crippen LogP contribution in [0, 0.1) is 0 Å². The van der Waals surface area contributed by atoms with E-state index in [2.05, 4.69) is 20.3 Å². The van der Waals surface area contributed by atoms with E-state index in [-0.39, 0.29) is 23.0 Å². The van der Waals surface area contributed by atoms with E-state index in [1.165, 1.54) is 23.1 Å². The molecule has 0 bridgehead atoms. The minimum atomic E-state index is -4.54. The zero-order valence-corrected chi connectivity index (χ0v) is 18.6. The molecule has 0 aliphatic heterocycles. The average Bonchev–Trinajstić information content (AvgIpc) is 3.20. The van der Waals surface area contributed by atoms with Crippen molar-refractivity contribution >= 4 is 17.2 Å². The third-order valence-corrected chi connectivity index (χ3v) is 5.85. The van der Waals surface area contributed by atoms with E-state index in [1.54, 1.807) is 24.4 Å². The molecular formula is C23H19ClF3N5O2. The summed E-state index contributed by atoms with van der Waals surface area (Å²) < 4.78 is 53.1. The highest BCUT2D eigenvalue weighted by molar-refractivity contribution is 6.28. The molecular weight excluding hydrogens is 471 g/mol. The van der Waals surface area contributed by atoms with E-state index >= 15 is 0 Å². The van der Waals surface area contributed by atoms with Crippen LogP contribution in [0.25, 0.3) is 16.8 Å². The summed E-state index contributed by atoms with van der Waals surface area (Å²) in [4.78, 5) is 4.36. The van der Waals surface area contributed by atoms with Crippen molar-refractivity contribution < 1.29 is 22.6 Å². The first-order valence-electron chi connectivity index (χ1n) is 10.8. The van der Waals surface area contributed by atoms with E-state index in [1.807, 2.05) is 0 Å². The van der Waals surface area contributed by atoms with Gasteiger partial charge in [0.1, 0.15) is 11.9 Å². The molecule has 176 valence electrons. The molecule has 3 heterocycles. The number of pyridine rings is 1. The summed E-state index contributed by atoms with van der Waals surface area (Å²) in [5.74, 6) is 0.480. The van der Waals surface area contributed by atoms with Gasteiger partial charge in [-0.2, -0.15) is 17.7 Å². The van der Waals surface area contributed by atoms with Crippen molar-refractivity contribution in [2.24, 2.45) is 0 Å². The Bertz CT molecular complexity index is 1300. The normalized spacial score (nSPS) is 14.9. The lowest BCUT2D eigenvalue weighted by molar-refractivity contribution is -0.137. The molecule has 0 amide bonds. The number of alkyl halides is 3. The summed E-state index contributed by atoms with van der Waals surface area (Å²) in [5, 5.41) is 11.7. The van der Waals surface area contributed by atoms with Gasteiger partial charge in [0.05, 0.1) is 5.56 Å². The summed E-state index contributed by atoms with van der Waals surface area (Å²) in [5.41, 5.74) is 0.517. The maximum atomic E-state index is 13.4. The zero-order chi connectivity index (χ0) is 23.7. The van der Waals surface area contributed by atoms with Crippen LogP contribution in [0.1, 0.15) is 37.7 Å². The fourth-order valence-electron chi connectivity index (χ4n) is 3.90. The van der Waals surface area contributed by atoms with Gasteiger partial charge in [-0.15, -0.1) is 15.3 Å². The first-order valence-corrected chi connectivity index (χ1v) is 11.1. The molecule has 34 heavy (non-hydrogen) atoms. The van der Waals surface area contributed by atoms with Crippen molar-refractivity contribution in [3.63, 3.8) is 0 Å². The van der Waals surface area contributed by atoms with Crippen molar-refractivity contribution in [1.29, 1.82) is 0 Å². The number of halogens is 4. The highest BCUT2D eigenvalue weighted by atomic mass is 35.5. The summed E-state index contributed by atoms with van der Waals surface area (Å²) in [6.07, 6.45) is 2.63. The topological polar surface area (TPSA) is 74.4 Å². The van der Waals surface area contributed by atoms with Gasteiger partial charge in [0.15, 0.2) is 5.65 Å². The van der Waals surface area contributed by atoms with Crippen LogP contribution < -0.4 is 9.47 Å². The Hall–Kier alpha value is -3.40. The largest absolute Gasteiger partial charge is 0.474 e. The molecule has 7 nitrogen and oxygen atoms in total. The van der Waals surface area contributed by atoms with Gasteiger partial charge in [-0.3, -0.25) is 0 Å². The van der Waals surface area contributed by atoms with E-state index in [0.717, 1.165) is 37.8 Å². The molecule has 5 rings (SSSR count). The number of rotatable bonds is 5. The van der Waals surface area contributed by atoms with Crippen LogP contribution in [0.3, 0.4) is 0 Å². The molecule has 0 saturated heterocycles. The van der Waals surface area contributed by atoms with Gasteiger partial charge in [-0.25, -0.2) is 4.98 Å². The van der Waals surface area contributed by atoms with Gasteiger partial charge in [0, 0.05) is 29.5 Å². The Morgan fingerprint density at radius 1 is 0.941 bits per heavy atom. The van der Waals surface area contributed by atoms with Gasteiger partial charge in [-0.05, 0) is 67.6 Å². The van der Waals surface area contributed by atoms with Crippen molar-refractivity contribution in [2.75, 3.05) is 0 Å². The second-order valence-electron chi connectivity index (χ2n) is 7.98. The van der Waals surface area contributed by atoms with Crippen molar-refractivity contribution in [1.82, 2.24) is 24.8 Å². The van der Waals surface area contributed by atoms with Gasteiger partial charge >= 0.3 is 6.18 Å². The van der Waals surface area contributed by atoms with Crippen LogP contribution >= 0.6 is 11.6 Å². The minimum Gasteiger partial charge on any atom is -0.474 e. The first kappa shape index (κ1) is 22.4. The van der Waals surface area contributed by atoms with E-state index in [4.69, 9.17) is 21.1 Å². The van der Waals surface area contributed by atoms with Crippen molar-refractivity contribution in [3.05, 3.63) is 59.5 Å².